The smallest absolute Gasteiger partial charge is 0.253 e. The Bertz CT molecular complexity index is 480. The lowest BCUT2D eigenvalue weighted by atomic mass is 9.81. The van der Waals surface area contributed by atoms with Crippen molar-refractivity contribution < 1.29 is 9.53 Å². The van der Waals surface area contributed by atoms with E-state index in [0.717, 1.165) is 12.5 Å². The van der Waals surface area contributed by atoms with Gasteiger partial charge in [-0.05, 0) is 36.8 Å². The SMILES string of the molecule is CCC1CCC(CNC(=O)c2cccc(OC)c2N)CC1. The second-order valence-corrected chi connectivity index (χ2v) is 5.93. The average Bonchev–Trinajstić information content (AvgIpc) is 2.53. The number of carbonyl (C=O) groups excluding carboxylic acids is 1. The van der Waals surface area contributed by atoms with Crippen LogP contribution in [0.25, 0.3) is 0 Å². The number of carbonyl (C=O) groups is 1. The second-order valence-electron chi connectivity index (χ2n) is 5.93. The molecule has 4 nitrogen and oxygen atoms in total. The third-order valence-corrected chi connectivity index (χ3v) is 4.63. The molecule has 0 unspecified atom stereocenters. The number of methoxy groups -OCH3 is 1. The molecule has 2 rings (SSSR count). The monoisotopic (exact) mass is 290 g/mol. The summed E-state index contributed by atoms with van der Waals surface area (Å²) in [6.45, 7) is 3.00. The van der Waals surface area contributed by atoms with Gasteiger partial charge in [0.05, 0.1) is 18.4 Å². The summed E-state index contributed by atoms with van der Waals surface area (Å²) < 4.78 is 5.15. The van der Waals surface area contributed by atoms with E-state index in [-0.39, 0.29) is 5.91 Å². The van der Waals surface area contributed by atoms with E-state index in [1.165, 1.54) is 32.1 Å². The summed E-state index contributed by atoms with van der Waals surface area (Å²) in [6, 6.07) is 5.29. The van der Waals surface area contributed by atoms with Crippen LogP contribution in [0, 0.1) is 11.8 Å². The van der Waals surface area contributed by atoms with Gasteiger partial charge in [-0.25, -0.2) is 0 Å². The predicted octanol–water partition coefficient (Wildman–Crippen LogP) is 3.22. The van der Waals surface area contributed by atoms with Crippen molar-refractivity contribution >= 4 is 11.6 Å². The number of hydrogen-bond acceptors (Lipinski definition) is 3. The third kappa shape index (κ3) is 3.90. The summed E-state index contributed by atoms with van der Waals surface area (Å²) in [7, 11) is 1.56. The highest BCUT2D eigenvalue weighted by atomic mass is 16.5. The Kier molecular flexibility index (Phi) is 5.48. The third-order valence-electron chi connectivity index (χ3n) is 4.63. The Morgan fingerprint density at radius 1 is 1.29 bits per heavy atom. The van der Waals surface area contributed by atoms with Gasteiger partial charge in [0, 0.05) is 6.54 Å². The van der Waals surface area contributed by atoms with E-state index < -0.39 is 0 Å². The van der Waals surface area contributed by atoms with E-state index in [4.69, 9.17) is 10.5 Å². The van der Waals surface area contributed by atoms with E-state index in [1.807, 2.05) is 0 Å². The van der Waals surface area contributed by atoms with Crippen LogP contribution in [0.15, 0.2) is 18.2 Å². The summed E-state index contributed by atoms with van der Waals surface area (Å²) in [4.78, 5) is 12.3. The maximum atomic E-state index is 12.3. The highest BCUT2D eigenvalue weighted by molar-refractivity contribution is 6.00. The average molecular weight is 290 g/mol. The number of nitrogen functional groups attached to an aromatic ring is 1. The van der Waals surface area contributed by atoms with E-state index in [2.05, 4.69) is 12.2 Å². The minimum atomic E-state index is -0.107. The molecule has 0 aromatic heterocycles. The van der Waals surface area contributed by atoms with Crippen molar-refractivity contribution in [2.75, 3.05) is 19.4 Å². The van der Waals surface area contributed by atoms with Crippen molar-refractivity contribution in [3.05, 3.63) is 23.8 Å². The molecule has 0 saturated heterocycles. The van der Waals surface area contributed by atoms with Gasteiger partial charge in [0.15, 0.2) is 0 Å². The van der Waals surface area contributed by atoms with Crippen LogP contribution in [-0.2, 0) is 0 Å². The molecule has 21 heavy (non-hydrogen) atoms. The summed E-state index contributed by atoms with van der Waals surface area (Å²) in [5, 5.41) is 3.02. The van der Waals surface area contributed by atoms with Crippen LogP contribution in [0.1, 0.15) is 49.4 Å². The summed E-state index contributed by atoms with van der Waals surface area (Å²) in [5.41, 5.74) is 6.86. The number of nitrogens with two attached hydrogens (primary N) is 1. The van der Waals surface area contributed by atoms with E-state index in [0.29, 0.717) is 22.9 Å². The molecule has 3 N–H and O–H groups in total. The van der Waals surface area contributed by atoms with Crippen molar-refractivity contribution in [3.63, 3.8) is 0 Å². The number of benzene rings is 1. The van der Waals surface area contributed by atoms with Gasteiger partial charge < -0.3 is 15.8 Å². The van der Waals surface area contributed by atoms with Gasteiger partial charge in [-0.15, -0.1) is 0 Å². The number of ether oxygens (including phenoxy) is 1. The van der Waals surface area contributed by atoms with E-state index in [9.17, 15) is 4.79 Å². The van der Waals surface area contributed by atoms with E-state index in [1.54, 1.807) is 25.3 Å². The normalized spacial score (nSPS) is 21.8. The van der Waals surface area contributed by atoms with Crippen LogP contribution in [0.4, 0.5) is 5.69 Å². The lowest BCUT2D eigenvalue weighted by Crippen LogP contribution is -2.31. The molecule has 1 aromatic carbocycles. The molecule has 1 aliphatic carbocycles. The lowest BCUT2D eigenvalue weighted by Gasteiger charge is -2.27. The molecule has 1 fully saturated rings. The summed E-state index contributed by atoms with van der Waals surface area (Å²) in [6.07, 6.45) is 6.29. The Hall–Kier alpha value is -1.71. The standard InChI is InChI=1S/C17H26N2O2/c1-3-12-7-9-13(10-8-12)11-19-17(20)14-5-4-6-15(21-2)16(14)18/h4-6,12-13H,3,7-11,18H2,1-2H3,(H,19,20). The maximum Gasteiger partial charge on any atom is 0.253 e. The molecule has 0 aliphatic heterocycles. The minimum absolute atomic E-state index is 0.107. The largest absolute Gasteiger partial charge is 0.495 e. The Balaban J connectivity index is 1.88. The predicted molar refractivity (Wildman–Crippen MR) is 85.5 cm³/mol. The lowest BCUT2D eigenvalue weighted by molar-refractivity contribution is 0.0942. The van der Waals surface area contributed by atoms with Gasteiger partial charge in [0.2, 0.25) is 0 Å². The molecule has 0 spiro atoms. The molecule has 1 saturated carbocycles. The zero-order chi connectivity index (χ0) is 15.2. The fourth-order valence-corrected chi connectivity index (χ4v) is 3.10. The zero-order valence-corrected chi connectivity index (χ0v) is 13.0. The Morgan fingerprint density at radius 3 is 2.57 bits per heavy atom. The fraction of sp³-hybridized carbons (Fsp3) is 0.588. The number of para-hydroxylation sites is 1. The van der Waals surface area contributed by atoms with Gasteiger partial charge in [0.25, 0.3) is 5.91 Å². The van der Waals surface area contributed by atoms with Crippen molar-refractivity contribution in [3.8, 4) is 5.75 Å². The quantitative estimate of drug-likeness (QED) is 0.818. The first-order valence-corrected chi connectivity index (χ1v) is 7.86. The molecular formula is C17H26N2O2. The Morgan fingerprint density at radius 2 is 1.95 bits per heavy atom. The van der Waals surface area contributed by atoms with Gasteiger partial charge in [0.1, 0.15) is 5.75 Å². The molecule has 4 heteroatoms. The Labute approximate surface area is 127 Å². The van der Waals surface area contributed by atoms with Crippen LogP contribution in [0.2, 0.25) is 0 Å². The van der Waals surface area contributed by atoms with Crippen molar-refractivity contribution in [1.82, 2.24) is 5.32 Å². The van der Waals surface area contributed by atoms with Crippen molar-refractivity contribution in [1.29, 1.82) is 0 Å². The van der Waals surface area contributed by atoms with E-state index >= 15 is 0 Å². The van der Waals surface area contributed by atoms with Crippen LogP contribution < -0.4 is 15.8 Å². The molecule has 0 radical (unpaired) electrons. The van der Waals surface area contributed by atoms with Gasteiger partial charge in [-0.1, -0.05) is 32.3 Å². The number of hydrogen-bond donors (Lipinski definition) is 2. The van der Waals surface area contributed by atoms with Crippen molar-refractivity contribution in [2.45, 2.75) is 39.0 Å². The topological polar surface area (TPSA) is 64.3 Å². The molecule has 116 valence electrons. The van der Waals surface area contributed by atoms with Crippen LogP contribution in [0.3, 0.4) is 0 Å². The molecule has 1 amide bonds. The molecule has 1 aliphatic rings. The molecule has 0 atom stereocenters. The minimum Gasteiger partial charge on any atom is -0.495 e. The first-order valence-electron chi connectivity index (χ1n) is 7.86. The highest BCUT2D eigenvalue weighted by Crippen LogP contribution is 2.30. The molecule has 0 heterocycles. The first-order chi connectivity index (χ1) is 10.2. The highest BCUT2D eigenvalue weighted by Gasteiger charge is 2.21. The number of nitrogens with one attached hydrogen (secondary N) is 1. The molecular weight excluding hydrogens is 264 g/mol. The van der Waals surface area contributed by atoms with Gasteiger partial charge in [-0.2, -0.15) is 0 Å². The van der Waals surface area contributed by atoms with Crippen LogP contribution in [0.5, 0.6) is 5.75 Å². The molecule has 0 bridgehead atoms. The van der Waals surface area contributed by atoms with Gasteiger partial charge in [-0.3, -0.25) is 4.79 Å². The maximum absolute atomic E-state index is 12.3. The number of amides is 1. The fourth-order valence-electron chi connectivity index (χ4n) is 3.10. The van der Waals surface area contributed by atoms with Crippen molar-refractivity contribution in [2.24, 2.45) is 11.8 Å². The summed E-state index contributed by atoms with van der Waals surface area (Å²) >= 11 is 0. The first kappa shape index (κ1) is 15.7. The summed E-state index contributed by atoms with van der Waals surface area (Å²) in [5.74, 6) is 1.92. The second kappa shape index (κ2) is 7.34. The zero-order valence-electron chi connectivity index (χ0n) is 13.0. The van der Waals surface area contributed by atoms with Gasteiger partial charge >= 0.3 is 0 Å². The molecule has 1 aromatic rings. The number of rotatable bonds is 5. The van der Waals surface area contributed by atoms with Crippen LogP contribution >= 0.6 is 0 Å². The van der Waals surface area contributed by atoms with Crippen LogP contribution in [-0.4, -0.2) is 19.6 Å². The number of anilines is 1.